The van der Waals surface area contributed by atoms with Gasteiger partial charge in [-0.3, -0.25) is 0 Å². The Bertz CT molecular complexity index is 520. The largest absolute Gasteiger partial charge is 0.478 e. The van der Waals surface area contributed by atoms with Crippen molar-refractivity contribution >= 4 is 33.6 Å². The number of halogens is 1. The van der Waals surface area contributed by atoms with Crippen molar-refractivity contribution in [1.29, 1.82) is 0 Å². The van der Waals surface area contributed by atoms with E-state index in [2.05, 4.69) is 40.4 Å². The smallest absolute Gasteiger partial charge is 0.337 e. The van der Waals surface area contributed by atoms with Gasteiger partial charge in [-0.25, -0.2) is 9.59 Å². The van der Waals surface area contributed by atoms with Gasteiger partial charge in [0.25, 0.3) is 0 Å². The Kier molecular flexibility index (Phi) is 6.68. The van der Waals surface area contributed by atoms with Crippen LogP contribution in [-0.2, 0) is 0 Å². The molecule has 0 bridgehead atoms. The third-order valence-electron chi connectivity index (χ3n) is 3.29. The Hall–Kier alpha value is -1.56. The molecular weight excluding hydrogens is 336 g/mol. The lowest BCUT2D eigenvalue weighted by atomic mass is 10.0. The molecule has 1 rings (SSSR count). The number of nitrogens with one attached hydrogen (secondary N) is 2. The summed E-state index contributed by atoms with van der Waals surface area (Å²) in [7, 11) is 0. The number of carbonyl (C=O) groups is 2. The Morgan fingerprint density at radius 1 is 1.33 bits per heavy atom. The first kappa shape index (κ1) is 17.5. The molecule has 1 aromatic carbocycles. The maximum absolute atomic E-state index is 11.9. The van der Waals surface area contributed by atoms with Gasteiger partial charge in [0.2, 0.25) is 0 Å². The predicted octanol–water partition coefficient (Wildman–Crippen LogP) is 4.09. The first-order chi connectivity index (χ1) is 9.83. The number of rotatable bonds is 6. The van der Waals surface area contributed by atoms with Crippen LogP contribution in [0.3, 0.4) is 0 Å². The van der Waals surface area contributed by atoms with E-state index in [1.807, 2.05) is 6.92 Å². The zero-order chi connectivity index (χ0) is 16.0. The van der Waals surface area contributed by atoms with Crippen LogP contribution in [0.2, 0.25) is 0 Å². The Morgan fingerprint density at radius 3 is 2.57 bits per heavy atom. The monoisotopic (exact) mass is 356 g/mol. The van der Waals surface area contributed by atoms with Crippen LogP contribution in [0.25, 0.3) is 0 Å². The number of carboxylic acids is 1. The van der Waals surface area contributed by atoms with E-state index in [1.165, 1.54) is 6.07 Å². The van der Waals surface area contributed by atoms with E-state index < -0.39 is 12.0 Å². The molecule has 1 aromatic rings. The van der Waals surface area contributed by atoms with Crippen molar-refractivity contribution in [3.05, 3.63) is 28.2 Å². The number of urea groups is 1. The fraction of sp³-hybridized carbons (Fsp3) is 0.467. The van der Waals surface area contributed by atoms with Crippen LogP contribution in [0, 0.1) is 5.92 Å². The lowest BCUT2D eigenvalue weighted by Gasteiger charge is -2.18. The second kappa shape index (κ2) is 8.02. The van der Waals surface area contributed by atoms with E-state index in [-0.39, 0.29) is 17.3 Å². The normalized spacial score (nSPS) is 13.3. The van der Waals surface area contributed by atoms with Gasteiger partial charge in [0, 0.05) is 10.5 Å². The van der Waals surface area contributed by atoms with Crippen LogP contribution in [0.5, 0.6) is 0 Å². The molecule has 2 unspecified atom stereocenters. The highest BCUT2D eigenvalue weighted by Gasteiger charge is 2.15. The van der Waals surface area contributed by atoms with Crippen LogP contribution in [-0.4, -0.2) is 23.1 Å². The minimum absolute atomic E-state index is 0.0312. The Labute approximate surface area is 133 Å². The minimum Gasteiger partial charge on any atom is -0.478 e. The van der Waals surface area contributed by atoms with Crippen LogP contribution < -0.4 is 10.6 Å². The molecule has 0 radical (unpaired) electrons. The molecule has 2 atom stereocenters. The lowest BCUT2D eigenvalue weighted by molar-refractivity contribution is 0.0698. The number of hydrogen-bond donors (Lipinski definition) is 3. The van der Waals surface area contributed by atoms with E-state index in [0.717, 1.165) is 12.8 Å². The van der Waals surface area contributed by atoms with Crippen molar-refractivity contribution < 1.29 is 14.7 Å². The summed E-state index contributed by atoms with van der Waals surface area (Å²) in [5.74, 6) is -0.554. The summed E-state index contributed by atoms with van der Waals surface area (Å²) in [6, 6.07) is 4.34. The number of amides is 2. The molecule has 0 aliphatic heterocycles. The second-order valence-electron chi connectivity index (χ2n) is 5.24. The molecule has 21 heavy (non-hydrogen) atoms. The highest BCUT2D eigenvalue weighted by Crippen LogP contribution is 2.21. The van der Waals surface area contributed by atoms with E-state index in [9.17, 15) is 9.59 Å². The third-order valence-corrected chi connectivity index (χ3v) is 3.78. The standard InChI is InChI=1S/C15H21BrN2O3/c1-4-9(2)7-10(3)17-15(21)18-13-6-5-11(16)8-12(13)14(19)20/h5-6,8-10H,4,7H2,1-3H3,(H,19,20)(H2,17,18,21). The van der Waals surface area contributed by atoms with Crippen molar-refractivity contribution in [3.8, 4) is 0 Å². The maximum Gasteiger partial charge on any atom is 0.337 e. The summed E-state index contributed by atoms with van der Waals surface area (Å²) in [6.45, 7) is 6.18. The van der Waals surface area contributed by atoms with Gasteiger partial charge in [0.1, 0.15) is 0 Å². The summed E-state index contributed by atoms with van der Waals surface area (Å²) < 4.78 is 0.649. The van der Waals surface area contributed by atoms with Gasteiger partial charge in [-0.1, -0.05) is 36.2 Å². The Morgan fingerprint density at radius 2 is 2.00 bits per heavy atom. The lowest BCUT2D eigenvalue weighted by Crippen LogP contribution is -2.37. The van der Waals surface area contributed by atoms with Crippen LogP contribution >= 0.6 is 15.9 Å². The summed E-state index contributed by atoms with van der Waals surface area (Å²) in [4.78, 5) is 23.1. The summed E-state index contributed by atoms with van der Waals surface area (Å²) >= 11 is 3.21. The number of carboxylic acid groups (broad SMARTS) is 1. The van der Waals surface area contributed by atoms with E-state index in [1.54, 1.807) is 12.1 Å². The van der Waals surface area contributed by atoms with Gasteiger partial charge in [-0.15, -0.1) is 0 Å². The SMILES string of the molecule is CCC(C)CC(C)NC(=O)Nc1ccc(Br)cc1C(=O)O. The molecule has 3 N–H and O–H groups in total. The molecule has 5 nitrogen and oxygen atoms in total. The molecule has 0 saturated heterocycles. The van der Waals surface area contributed by atoms with Crippen LogP contribution in [0.15, 0.2) is 22.7 Å². The molecule has 0 heterocycles. The number of anilines is 1. The average molecular weight is 357 g/mol. The zero-order valence-electron chi connectivity index (χ0n) is 12.4. The number of benzene rings is 1. The van der Waals surface area contributed by atoms with Gasteiger partial charge in [-0.2, -0.15) is 0 Å². The molecule has 0 spiro atoms. The second-order valence-corrected chi connectivity index (χ2v) is 6.16. The van der Waals surface area contributed by atoms with Gasteiger partial charge in [0.05, 0.1) is 11.3 Å². The predicted molar refractivity (Wildman–Crippen MR) is 86.8 cm³/mol. The fourth-order valence-electron chi connectivity index (χ4n) is 2.01. The molecule has 0 fully saturated rings. The van der Waals surface area contributed by atoms with Crippen LogP contribution in [0.4, 0.5) is 10.5 Å². The molecule has 2 amide bonds. The molecular formula is C15H21BrN2O3. The van der Waals surface area contributed by atoms with E-state index in [4.69, 9.17) is 5.11 Å². The van der Waals surface area contributed by atoms with Gasteiger partial charge in [-0.05, 0) is 37.5 Å². The topological polar surface area (TPSA) is 78.4 Å². The third kappa shape index (κ3) is 5.75. The first-order valence-electron chi connectivity index (χ1n) is 6.93. The highest BCUT2D eigenvalue weighted by molar-refractivity contribution is 9.10. The van der Waals surface area contributed by atoms with Gasteiger partial charge < -0.3 is 15.7 Å². The number of aromatic carboxylic acids is 1. The summed E-state index contributed by atoms with van der Waals surface area (Å²) in [5, 5.41) is 14.6. The first-order valence-corrected chi connectivity index (χ1v) is 7.73. The molecule has 0 aliphatic carbocycles. The fourth-order valence-corrected chi connectivity index (χ4v) is 2.37. The number of carbonyl (C=O) groups excluding carboxylic acids is 1. The summed E-state index contributed by atoms with van der Waals surface area (Å²) in [5.41, 5.74) is 0.327. The number of hydrogen-bond acceptors (Lipinski definition) is 2. The van der Waals surface area contributed by atoms with E-state index >= 15 is 0 Å². The molecule has 0 saturated carbocycles. The Balaban J connectivity index is 2.69. The highest BCUT2D eigenvalue weighted by atomic mass is 79.9. The molecule has 116 valence electrons. The molecule has 6 heteroatoms. The zero-order valence-corrected chi connectivity index (χ0v) is 14.0. The van der Waals surface area contributed by atoms with Crippen molar-refractivity contribution in [2.75, 3.05) is 5.32 Å². The van der Waals surface area contributed by atoms with Gasteiger partial charge in [0.15, 0.2) is 0 Å². The van der Waals surface area contributed by atoms with Crippen molar-refractivity contribution in [3.63, 3.8) is 0 Å². The van der Waals surface area contributed by atoms with Crippen molar-refractivity contribution in [1.82, 2.24) is 5.32 Å². The molecule has 0 aromatic heterocycles. The van der Waals surface area contributed by atoms with Crippen LogP contribution in [0.1, 0.15) is 44.0 Å². The van der Waals surface area contributed by atoms with Gasteiger partial charge >= 0.3 is 12.0 Å². The summed E-state index contributed by atoms with van der Waals surface area (Å²) in [6.07, 6.45) is 1.94. The quantitative estimate of drug-likeness (QED) is 0.717. The maximum atomic E-state index is 11.9. The van der Waals surface area contributed by atoms with Crippen molar-refractivity contribution in [2.24, 2.45) is 5.92 Å². The average Bonchev–Trinajstić information content (AvgIpc) is 2.40. The molecule has 0 aliphatic rings. The van der Waals surface area contributed by atoms with Crippen molar-refractivity contribution in [2.45, 2.75) is 39.7 Å². The minimum atomic E-state index is -1.08. The van der Waals surface area contributed by atoms with E-state index in [0.29, 0.717) is 10.4 Å².